The molecule has 1 aliphatic heterocycles. The second kappa shape index (κ2) is 1.72. The molecule has 2 nitrogen and oxygen atoms in total. The number of hydrogen-bond donors (Lipinski definition) is 0. The number of allylic oxidation sites excluding steroid dienone is 2. The Morgan fingerprint density at radius 2 is 1.89 bits per heavy atom. The Morgan fingerprint density at radius 3 is 2.67 bits per heavy atom. The first-order chi connectivity index (χ1) is 4.47. The molecule has 0 saturated carbocycles. The Morgan fingerprint density at radius 1 is 1.11 bits per heavy atom. The van der Waals surface area contributed by atoms with Crippen molar-refractivity contribution in [3.8, 4) is 0 Å². The third-order valence-electron chi connectivity index (χ3n) is 1.55. The van der Waals surface area contributed by atoms with Crippen molar-refractivity contribution in [3.05, 3.63) is 23.5 Å². The van der Waals surface area contributed by atoms with Gasteiger partial charge in [0.15, 0.2) is 0 Å². The topological polar surface area (TPSA) is 26.5 Å². The highest BCUT2D eigenvalue weighted by Gasteiger charge is 2.11. The fraction of sp³-hybridized carbons (Fsp3) is 0.286. The number of rotatable bonds is 0. The lowest BCUT2D eigenvalue weighted by atomic mass is 10.1. The standard InChI is InChI=1S/C7H7N2/c1-2-4-7-6(3-1)8-5-9-7/h1-2,5H,3-4H2. The van der Waals surface area contributed by atoms with Gasteiger partial charge in [0.25, 0.3) is 0 Å². The molecule has 0 N–H and O–H groups in total. The van der Waals surface area contributed by atoms with Gasteiger partial charge in [0.1, 0.15) is 6.34 Å². The van der Waals surface area contributed by atoms with E-state index in [0.29, 0.717) is 0 Å². The number of hydrogen-bond acceptors (Lipinski definition) is 1. The molecule has 2 aliphatic rings. The molecule has 0 amide bonds. The summed E-state index contributed by atoms with van der Waals surface area (Å²) >= 11 is 0. The van der Waals surface area contributed by atoms with E-state index >= 15 is 0 Å². The monoisotopic (exact) mass is 119 g/mol. The fourth-order valence-electron chi connectivity index (χ4n) is 1.05. The van der Waals surface area contributed by atoms with Crippen molar-refractivity contribution >= 4 is 6.34 Å². The molecule has 0 fully saturated rings. The van der Waals surface area contributed by atoms with Crippen molar-refractivity contribution in [2.24, 2.45) is 4.99 Å². The molecule has 0 spiro atoms. The van der Waals surface area contributed by atoms with Crippen molar-refractivity contribution in [1.29, 1.82) is 0 Å². The van der Waals surface area contributed by atoms with E-state index in [1.807, 2.05) is 0 Å². The highest BCUT2D eigenvalue weighted by Crippen LogP contribution is 2.21. The first-order valence-corrected chi connectivity index (χ1v) is 3.07. The Labute approximate surface area is 54.0 Å². The summed E-state index contributed by atoms with van der Waals surface area (Å²) in [5.41, 5.74) is 2.30. The van der Waals surface area contributed by atoms with Crippen LogP contribution in [0.15, 0.2) is 28.5 Å². The van der Waals surface area contributed by atoms with E-state index in [2.05, 4.69) is 22.5 Å². The van der Waals surface area contributed by atoms with Crippen LogP contribution in [0.4, 0.5) is 0 Å². The van der Waals surface area contributed by atoms with Gasteiger partial charge in [-0.3, -0.25) is 0 Å². The lowest BCUT2D eigenvalue weighted by molar-refractivity contribution is 0.972. The maximum atomic E-state index is 4.09. The Balaban J connectivity index is 2.28. The molecule has 0 bridgehead atoms. The summed E-state index contributed by atoms with van der Waals surface area (Å²) in [5.74, 6) is 0. The summed E-state index contributed by atoms with van der Waals surface area (Å²) in [7, 11) is 0. The molecule has 1 aliphatic carbocycles. The molecule has 0 saturated heterocycles. The minimum Gasteiger partial charge on any atom is -0.239 e. The van der Waals surface area contributed by atoms with Crippen LogP contribution in [0, 0.1) is 0 Å². The maximum absolute atomic E-state index is 4.09. The van der Waals surface area contributed by atoms with E-state index in [9.17, 15) is 0 Å². The van der Waals surface area contributed by atoms with E-state index in [4.69, 9.17) is 0 Å². The van der Waals surface area contributed by atoms with Crippen molar-refractivity contribution in [2.75, 3.05) is 0 Å². The summed E-state index contributed by atoms with van der Waals surface area (Å²) in [5, 5.41) is 4.09. The Kier molecular flexibility index (Phi) is 0.918. The minimum atomic E-state index is 0.968. The predicted molar refractivity (Wildman–Crippen MR) is 36.0 cm³/mol. The van der Waals surface area contributed by atoms with E-state index in [0.717, 1.165) is 24.2 Å². The maximum Gasteiger partial charge on any atom is 0.116 e. The average molecular weight is 119 g/mol. The molecule has 2 heteroatoms. The SMILES string of the molecule is C1=CCC2=C(C1)[N]C=N2. The van der Waals surface area contributed by atoms with E-state index in [1.165, 1.54) is 0 Å². The van der Waals surface area contributed by atoms with Gasteiger partial charge in [-0.05, 0) is 0 Å². The van der Waals surface area contributed by atoms with Gasteiger partial charge in [-0.2, -0.15) is 0 Å². The van der Waals surface area contributed by atoms with Crippen LogP contribution in [0.25, 0.3) is 0 Å². The molecular formula is C7H7N2. The normalized spacial score (nSPS) is 22.2. The zero-order valence-electron chi connectivity index (χ0n) is 5.04. The van der Waals surface area contributed by atoms with Gasteiger partial charge >= 0.3 is 0 Å². The minimum absolute atomic E-state index is 0.968. The lowest BCUT2D eigenvalue weighted by Crippen LogP contribution is -1.98. The lowest BCUT2D eigenvalue weighted by Gasteiger charge is -2.03. The molecule has 1 heterocycles. The summed E-state index contributed by atoms with van der Waals surface area (Å²) in [6, 6.07) is 0. The molecule has 45 valence electrons. The number of aliphatic imine (C=N–C) groups is 1. The van der Waals surface area contributed by atoms with Crippen molar-refractivity contribution in [2.45, 2.75) is 12.8 Å². The van der Waals surface area contributed by atoms with Crippen LogP contribution < -0.4 is 5.32 Å². The highest BCUT2D eigenvalue weighted by molar-refractivity contribution is 5.64. The van der Waals surface area contributed by atoms with Gasteiger partial charge in [0, 0.05) is 12.8 Å². The van der Waals surface area contributed by atoms with Gasteiger partial charge < -0.3 is 0 Å². The molecule has 0 atom stereocenters. The molecule has 0 aromatic carbocycles. The fourth-order valence-corrected chi connectivity index (χ4v) is 1.05. The molecule has 0 aromatic rings. The van der Waals surface area contributed by atoms with Gasteiger partial charge in [0.05, 0.1) is 11.4 Å². The van der Waals surface area contributed by atoms with Crippen molar-refractivity contribution < 1.29 is 0 Å². The molecule has 2 rings (SSSR count). The predicted octanol–water partition coefficient (Wildman–Crippen LogP) is 1.19. The quantitative estimate of drug-likeness (QED) is 0.428. The van der Waals surface area contributed by atoms with Crippen molar-refractivity contribution in [3.63, 3.8) is 0 Å². The smallest absolute Gasteiger partial charge is 0.116 e. The summed E-state index contributed by atoms with van der Waals surface area (Å²) in [6.45, 7) is 0. The van der Waals surface area contributed by atoms with Gasteiger partial charge in [-0.1, -0.05) is 12.2 Å². The van der Waals surface area contributed by atoms with Gasteiger partial charge in [-0.25, -0.2) is 10.3 Å². The zero-order chi connectivity index (χ0) is 6.10. The van der Waals surface area contributed by atoms with E-state index in [1.54, 1.807) is 6.34 Å². The Hall–Kier alpha value is -1.05. The van der Waals surface area contributed by atoms with Crippen LogP contribution in [0.5, 0.6) is 0 Å². The molecule has 0 aromatic heterocycles. The summed E-state index contributed by atoms with van der Waals surface area (Å²) in [4.78, 5) is 4.09. The van der Waals surface area contributed by atoms with E-state index in [-0.39, 0.29) is 0 Å². The molecular weight excluding hydrogens is 112 g/mol. The van der Waals surface area contributed by atoms with Gasteiger partial charge in [-0.15, -0.1) is 0 Å². The molecule has 0 unspecified atom stereocenters. The summed E-state index contributed by atoms with van der Waals surface area (Å²) < 4.78 is 0. The highest BCUT2D eigenvalue weighted by atomic mass is 15.0. The second-order valence-electron chi connectivity index (χ2n) is 2.15. The van der Waals surface area contributed by atoms with E-state index < -0.39 is 0 Å². The van der Waals surface area contributed by atoms with Crippen LogP contribution in [0.2, 0.25) is 0 Å². The first kappa shape index (κ1) is 4.79. The average Bonchev–Trinajstić information content (AvgIpc) is 2.33. The molecule has 9 heavy (non-hydrogen) atoms. The van der Waals surface area contributed by atoms with Gasteiger partial charge in [0.2, 0.25) is 0 Å². The van der Waals surface area contributed by atoms with Crippen LogP contribution in [-0.2, 0) is 0 Å². The first-order valence-electron chi connectivity index (χ1n) is 3.07. The third kappa shape index (κ3) is 0.669. The summed E-state index contributed by atoms with van der Waals surface area (Å²) in [6.07, 6.45) is 7.84. The third-order valence-corrected chi connectivity index (χ3v) is 1.55. The second-order valence-corrected chi connectivity index (χ2v) is 2.15. The number of nitrogens with zero attached hydrogens (tertiary/aromatic N) is 2. The Bertz CT molecular complexity index is 211. The van der Waals surface area contributed by atoms with Crippen LogP contribution in [0.1, 0.15) is 12.8 Å². The zero-order valence-corrected chi connectivity index (χ0v) is 5.04. The van der Waals surface area contributed by atoms with Crippen LogP contribution in [0.3, 0.4) is 0 Å². The largest absolute Gasteiger partial charge is 0.239 e. The van der Waals surface area contributed by atoms with Crippen LogP contribution >= 0.6 is 0 Å². The van der Waals surface area contributed by atoms with Crippen LogP contribution in [-0.4, -0.2) is 6.34 Å². The molecule has 1 radical (unpaired) electrons. The van der Waals surface area contributed by atoms with Crippen molar-refractivity contribution in [1.82, 2.24) is 5.32 Å².